The Bertz CT molecular complexity index is 530. The van der Waals surface area contributed by atoms with Crippen LogP contribution in [0.25, 0.3) is 0 Å². The Morgan fingerprint density at radius 2 is 1.89 bits per heavy atom. The lowest BCUT2D eigenvalue weighted by atomic mass is 10.0. The van der Waals surface area contributed by atoms with E-state index in [1.54, 1.807) is 37.3 Å². The molecule has 0 saturated carbocycles. The SMILES string of the molecule is CCC#C/C=C(/C(=O)OCC)C(=O)c1ccccc1. The summed E-state index contributed by atoms with van der Waals surface area (Å²) in [5.41, 5.74) is 0.411. The topological polar surface area (TPSA) is 43.4 Å². The number of rotatable bonds is 4. The van der Waals surface area contributed by atoms with Gasteiger partial charge in [-0.1, -0.05) is 49.1 Å². The van der Waals surface area contributed by atoms with E-state index in [1.165, 1.54) is 6.08 Å². The summed E-state index contributed by atoms with van der Waals surface area (Å²) in [5.74, 6) is 4.48. The molecule has 3 nitrogen and oxygen atoms in total. The van der Waals surface area contributed by atoms with Crippen molar-refractivity contribution in [2.75, 3.05) is 6.61 Å². The van der Waals surface area contributed by atoms with Crippen molar-refractivity contribution >= 4 is 11.8 Å². The minimum absolute atomic E-state index is 0.0333. The molecule has 0 aliphatic carbocycles. The van der Waals surface area contributed by atoms with Crippen molar-refractivity contribution in [3.63, 3.8) is 0 Å². The molecule has 0 N–H and O–H groups in total. The number of Topliss-reactive ketones (excluding diaryl/α,β-unsaturated/α-hetero) is 1. The van der Waals surface area contributed by atoms with Gasteiger partial charge in [0.2, 0.25) is 5.78 Å². The first kappa shape index (κ1) is 14.7. The van der Waals surface area contributed by atoms with Crippen LogP contribution in [0.15, 0.2) is 42.0 Å². The molecule has 1 rings (SSSR count). The maximum atomic E-state index is 12.2. The van der Waals surface area contributed by atoms with Crippen LogP contribution in [0.5, 0.6) is 0 Å². The van der Waals surface area contributed by atoms with Crippen molar-refractivity contribution in [2.45, 2.75) is 20.3 Å². The Labute approximate surface area is 113 Å². The molecule has 0 bridgehead atoms. The van der Waals surface area contributed by atoms with Crippen LogP contribution in [-0.4, -0.2) is 18.4 Å². The Balaban J connectivity index is 3.07. The fourth-order valence-corrected chi connectivity index (χ4v) is 1.40. The number of allylic oxidation sites excluding steroid dienone is 1. The van der Waals surface area contributed by atoms with Gasteiger partial charge in [0.05, 0.1) is 6.61 Å². The summed E-state index contributed by atoms with van der Waals surface area (Å²) in [6.07, 6.45) is 1.99. The van der Waals surface area contributed by atoms with E-state index in [2.05, 4.69) is 11.8 Å². The summed E-state index contributed by atoms with van der Waals surface area (Å²) < 4.78 is 4.88. The summed E-state index contributed by atoms with van der Waals surface area (Å²) in [5, 5.41) is 0. The van der Waals surface area contributed by atoms with Gasteiger partial charge in [-0.25, -0.2) is 4.79 Å². The van der Waals surface area contributed by atoms with E-state index >= 15 is 0 Å². The second-order valence-electron chi connectivity index (χ2n) is 3.65. The van der Waals surface area contributed by atoms with Crippen LogP contribution in [0.4, 0.5) is 0 Å². The van der Waals surface area contributed by atoms with Crippen molar-refractivity contribution in [3.05, 3.63) is 47.5 Å². The monoisotopic (exact) mass is 256 g/mol. The van der Waals surface area contributed by atoms with Crippen LogP contribution in [0.1, 0.15) is 30.6 Å². The second kappa shape index (κ2) is 7.88. The highest BCUT2D eigenvalue weighted by molar-refractivity contribution is 6.24. The zero-order valence-corrected chi connectivity index (χ0v) is 11.1. The average molecular weight is 256 g/mol. The van der Waals surface area contributed by atoms with Crippen LogP contribution >= 0.6 is 0 Å². The number of ether oxygens (including phenoxy) is 1. The highest BCUT2D eigenvalue weighted by atomic mass is 16.5. The van der Waals surface area contributed by atoms with E-state index in [9.17, 15) is 9.59 Å². The lowest BCUT2D eigenvalue weighted by molar-refractivity contribution is -0.138. The molecule has 1 aromatic rings. The third-order valence-electron chi connectivity index (χ3n) is 2.27. The van der Waals surface area contributed by atoms with E-state index in [1.807, 2.05) is 6.92 Å². The molecule has 0 atom stereocenters. The molecule has 0 unspecified atom stereocenters. The van der Waals surface area contributed by atoms with Gasteiger partial charge in [-0.2, -0.15) is 0 Å². The maximum Gasteiger partial charge on any atom is 0.342 e. The van der Waals surface area contributed by atoms with Gasteiger partial charge in [0.15, 0.2) is 0 Å². The number of esters is 1. The van der Waals surface area contributed by atoms with Crippen LogP contribution < -0.4 is 0 Å². The minimum Gasteiger partial charge on any atom is -0.462 e. The van der Waals surface area contributed by atoms with E-state index in [0.717, 1.165) is 0 Å². The third-order valence-corrected chi connectivity index (χ3v) is 2.27. The van der Waals surface area contributed by atoms with Crippen molar-refractivity contribution < 1.29 is 14.3 Å². The van der Waals surface area contributed by atoms with E-state index < -0.39 is 5.97 Å². The molecule has 3 heteroatoms. The van der Waals surface area contributed by atoms with Gasteiger partial charge in [-0.05, 0) is 6.92 Å². The smallest absolute Gasteiger partial charge is 0.342 e. The molecule has 0 fully saturated rings. The van der Waals surface area contributed by atoms with E-state index in [-0.39, 0.29) is 18.0 Å². The van der Waals surface area contributed by atoms with Gasteiger partial charge >= 0.3 is 5.97 Å². The van der Waals surface area contributed by atoms with Gasteiger partial charge in [0, 0.05) is 18.1 Å². The molecule has 1 aromatic carbocycles. The molecule has 0 spiro atoms. The van der Waals surface area contributed by atoms with Crippen LogP contribution in [-0.2, 0) is 9.53 Å². The Kier molecular flexibility index (Phi) is 6.11. The van der Waals surface area contributed by atoms with Crippen LogP contribution in [0.2, 0.25) is 0 Å². The fraction of sp³-hybridized carbons (Fsp3) is 0.250. The van der Waals surface area contributed by atoms with Gasteiger partial charge in [-0.15, -0.1) is 0 Å². The van der Waals surface area contributed by atoms with E-state index in [4.69, 9.17) is 4.74 Å². The van der Waals surface area contributed by atoms with E-state index in [0.29, 0.717) is 12.0 Å². The molecule has 0 radical (unpaired) electrons. The first-order valence-corrected chi connectivity index (χ1v) is 6.16. The normalized spacial score (nSPS) is 10.3. The number of benzene rings is 1. The first-order chi connectivity index (χ1) is 9.20. The summed E-state index contributed by atoms with van der Waals surface area (Å²) in [6.45, 7) is 3.81. The molecular weight excluding hydrogens is 240 g/mol. The summed E-state index contributed by atoms with van der Waals surface area (Å²) >= 11 is 0. The number of ketones is 1. The van der Waals surface area contributed by atoms with Crippen molar-refractivity contribution in [2.24, 2.45) is 0 Å². The van der Waals surface area contributed by atoms with Crippen molar-refractivity contribution in [1.82, 2.24) is 0 Å². The first-order valence-electron chi connectivity index (χ1n) is 6.16. The van der Waals surface area contributed by atoms with Crippen LogP contribution in [0.3, 0.4) is 0 Å². The standard InChI is InChI=1S/C16H16O3/c1-3-5-7-12-14(16(18)19-4-2)15(17)13-10-8-6-9-11-13/h6,8-12H,3-4H2,1-2H3/b14-12+. The molecule has 19 heavy (non-hydrogen) atoms. The van der Waals surface area contributed by atoms with Crippen molar-refractivity contribution in [1.29, 1.82) is 0 Å². The summed E-state index contributed by atoms with van der Waals surface area (Å²) in [4.78, 5) is 24.0. The summed E-state index contributed by atoms with van der Waals surface area (Å²) in [7, 11) is 0. The third kappa shape index (κ3) is 4.44. The zero-order chi connectivity index (χ0) is 14.1. The molecule has 0 amide bonds. The Morgan fingerprint density at radius 3 is 2.47 bits per heavy atom. The quantitative estimate of drug-likeness (QED) is 0.208. The zero-order valence-electron chi connectivity index (χ0n) is 11.1. The average Bonchev–Trinajstić information content (AvgIpc) is 2.44. The molecule has 0 aliphatic heterocycles. The van der Waals surface area contributed by atoms with Crippen LogP contribution in [0, 0.1) is 11.8 Å². The molecule has 0 aromatic heterocycles. The van der Waals surface area contributed by atoms with Gasteiger partial charge in [0.1, 0.15) is 5.57 Å². The predicted octanol–water partition coefficient (Wildman–Crippen LogP) is 2.77. The van der Waals surface area contributed by atoms with Gasteiger partial charge in [0.25, 0.3) is 0 Å². The van der Waals surface area contributed by atoms with Crippen molar-refractivity contribution in [3.8, 4) is 11.8 Å². The molecule has 0 aliphatic rings. The number of hydrogen-bond acceptors (Lipinski definition) is 3. The minimum atomic E-state index is -0.637. The Morgan fingerprint density at radius 1 is 1.21 bits per heavy atom. The summed E-state index contributed by atoms with van der Waals surface area (Å²) in [6, 6.07) is 8.61. The second-order valence-corrected chi connectivity index (χ2v) is 3.65. The van der Waals surface area contributed by atoms with Gasteiger partial charge < -0.3 is 4.74 Å². The molecule has 98 valence electrons. The van der Waals surface area contributed by atoms with Gasteiger partial charge in [-0.3, -0.25) is 4.79 Å². The highest BCUT2D eigenvalue weighted by Gasteiger charge is 2.20. The molecular formula is C16H16O3. The number of carbonyl (C=O) groups excluding carboxylic acids is 2. The Hall–Kier alpha value is -2.34. The lowest BCUT2D eigenvalue weighted by Gasteiger charge is -2.05. The maximum absolute atomic E-state index is 12.2. The largest absolute Gasteiger partial charge is 0.462 e. The molecule has 0 saturated heterocycles. The molecule has 0 heterocycles. The lowest BCUT2D eigenvalue weighted by Crippen LogP contribution is -2.16. The fourth-order valence-electron chi connectivity index (χ4n) is 1.40. The number of hydrogen-bond donors (Lipinski definition) is 0. The number of carbonyl (C=O) groups is 2. The highest BCUT2D eigenvalue weighted by Crippen LogP contribution is 2.10. The predicted molar refractivity (Wildman–Crippen MR) is 73.6 cm³/mol.